The van der Waals surface area contributed by atoms with Crippen LogP contribution in [0.2, 0.25) is 5.02 Å². The first-order valence-corrected chi connectivity index (χ1v) is 14.8. The number of rotatable bonds is 4. The number of alkyl halides is 4. The van der Waals surface area contributed by atoms with Crippen molar-refractivity contribution in [1.29, 1.82) is 0 Å². The third-order valence-corrected chi connectivity index (χ3v) is 9.39. The third-order valence-electron chi connectivity index (χ3n) is 9.04. The Bertz CT molecular complexity index is 1390. The van der Waals surface area contributed by atoms with Crippen molar-refractivity contribution in [3.05, 3.63) is 77.1 Å². The zero-order valence-corrected chi connectivity index (χ0v) is 24.0. The summed E-state index contributed by atoms with van der Waals surface area (Å²) in [5, 5.41) is 5.04. The van der Waals surface area contributed by atoms with Crippen molar-refractivity contribution >= 4 is 11.6 Å². The van der Waals surface area contributed by atoms with E-state index in [0.29, 0.717) is 36.7 Å². The van der Waals surface area contributed by atoms with Crippen molar-refractivity contribution < 1.29 is 27.0 Å². The lowest BCUT2D eigenvalue weighted by Gasteiger charge is -2.26. The number of halogens is 5. The highest BCUT2D eigenvalue weighted by molar-refractivity contribution is 6.31. The molecule has 4 aliphatic rings. The van der Waals surface area contributed by atoms with Gasteiger partial charge in [-0.1, -0.05) is 48.0 Å². The summed E-state index contributed by atoms with van der Waals surface area (Å²) in [6.07, 6.45) is 5.22. The molecule has 4 nitrogen and oxygen atoms in total. The number of aromatic nitrogens is 2. The van der Waals surface area contributed by atoms with E-state index in [-0.39, 0.29) is 49.1 Å². The number of epoxide rings is 2. The molecule has 4 fully saturated rings. The van der Waals surface area contributed by atoms with Crippen LogP contribution < -0.4 is 0 Å². The van der Waals surface area contributed by atoms with Crippen molar-refractivity contribution in [2.75, 3.05) is 0 Å². The standard InChI is InChI=1S/C19H22F2N2O.C13H13ClF2O/c1-13(2)23-12-16(11-22-23)14-4-3-5-15(10-14)17-18(24-17)6-8-19(20,21)9-7-18;14-10-4-2-1-3-9(10)11-12(17-11)5-7-13(15,16)8-6-12/h3-5,10-13,17H,6-9H2,1-2H3;1-4,11H,5-8H2. The first-order valence-electron chi connectivity index (χ1n) is 14.4. The Kier molecular flexibility index (Phi) is 7.27. The Balaban J connectivity index is 0.000000156. The molecule has 0 N–H and O–H groups in total. The van der Waals surface area contributed by atoms with Crippen LogP contribution in [0.15, 0.2) is 60.9 Å². The number of benzene rings is 2. The zero-order chi connectivity index (χ0) is 29.0. The molecule has 2 aromatic carbocycles. The smallest absolute Gasteiger partial charge is 0.248 e. The minimum atomic E-state index is -2.52. The van der Waals surface area contributed by atoms with Crippen LogP contribution >= 0.6 is 11.6 Å². The summed E-state index contributed by atoms with van der Waals surface area (Å²) in [6, 6.07) is 16.0. The molecule has 9 heteroatoms. The summed E-state index contributed by atoms with van der Waals surface area (Å²) >= 11 is 6.09. The van der Waals surface area contributed by atoms with Crippen LogP contribution in [0.3, 0.4) is 0 Å². The fourth-order valence-electron chi connectivity index (χ4n) is 6.30. The van der Waals surface area contributed by atoms with Gasteiger partial charge in [-0.15, -0.1) is 0 Å². The van der Waals surface area contributed by atoms with Crippen LogP contribution in [-0.2, 0) is 9.47 Å². The summed E-state index contributed by atoms with van der Waals surface area (Å²) in [4.78, 5) is 0. The molecule has 0 bridgehead atoms. The largest absolute Gasteiger partial charge is 0.361 e. The van der Waals surface area contributed by atoms with Gasteiger partial charge in [-0.05, 0) is 62.8 Å². The lowest BCUT2D eigenvalue weighted by molar-refractivity contribution is -0.0512. The Morgan fingerprint density at radius 3 is 1.95 bits per heavy atom. The second kappa shape index (κ2) is 10.4. The monoisotopic (exact) mass is 590 g/mol. The maximum Gasteiger partial charge on any atom is 0.248 e. The van der Waals surface area contributed by atoms with E-state index in [4.69, 9.17) is 21.1 Å². The average molecular weight is 591 g/mol. The van der Waals surface area contributed by atoms with Gasteiger partial charge in [-0.3, -0.25) is 4.68 Å². The topological polar surface area (TPSA) is 42.9 Å². The van der Waals surface area contributed by atoms with Gasteiger partial charge in [0, 0.05) is 54.1 Å². The van der Waals surface area contributed by atoms with Gasteiger partial charge >= 0.3 is 0 Å². The molecule has 0 radical (unpaired) electrons. The molecular weight excluding hydrogens is 556 g/mol. The Labute approximate surface area is 243 Å². The summed E-state index contributed by atoms with van der Waals surface area (Å²) in [6.45, 7) is 4.18. The van der Waals surface area contributed by atoms with Gasteiger partial charge in [-0.25, -0.2) is 17.6 Å². The van der Waals surface area contributed by atoms with Crippen molar-refractivity contribution in [3.63, 3.8) is 0 Å². The summed E-state index contributed by atoms with van der Waals surface area (Å²) in [7, 11) is 0. The SMILES string of the molecule is CC(C)n1cc(-c2cccc(C3OC34CCC(F)(F)CC4)c2)cn1.FC1(F)CCC2(CC1)OC2c1ccccc1Cl. The lowest BCUT2D eigenvalue weighted by Crippen LogP contribution is -2.30. The molecule has 2 saturated heterocycles. The molecule has 1 aromatic heterocycles. The number of hydrogen-bond donors (Lipinski definition) is 0. The van der Waals surface area contributed by atoms with Gasteiger partial charge in [-0.2, -0.15) is 5.10 Å². The summed E-state index contributed by atoms with van der Waals surface area (Å²) in [5.41, 5.74) is 3.44. The van der Waals surface area contributed by atoms with E-state index in [9.17, 15) is 17.6 Å². The molecule has 7 rings (SSSR count). The quantitative estimate of drug-likeness (QED) is 0.224. The Hall–Kier alpha value is -2.42. The fraction of sp³-hybridized carbons (Fsp3) is 0.531. The molecule has 3 heterocycles. The van der Waals surface area contributed by atoms with E-state index in [0.717, 1.165) is 22.3 Å². The first kappa shape index (κ1) is 28.7. The highest BCUT2D eigenvalue weighted by Crippen LogP contribution is 2.61. The van der Waals surface area contributed by atoms with E-state index in [2.05, 4.69) is 31.1 Å². The van der Waals surface area contributed by atoms with Gasteiger partial charge < -0.3 is 9.47 Å². The summed E-state index contributed by atoms with van der Waals surface area (Å²) in [5.74, 6) is -5.03. The van der Waals surface area contributed by atoms with E-state index in [1.54, 1.807) is 0 Å². The Morgan fingerprint density at radius 1 is 0.780 bits per heavy atom. The first-order chi connectivity index (χ1) is 19.4. The predicted molar refractivity (Wildman–Crippen MR) is 149 cm³/mol. The molecule has 41 heavy (non-hydrogen) atoms. The van der Waals surface area contributed by atoms with E-state index >= 15 is 0 Å². The van der Waals surface area contributed by atoms with Gasteiger partial charge in [0.05, 0.1) is 17.4 Å². The van der Waals surface area contributed by atoms with Crippen molar-refractivity contribution in [3.8, 4) is 11.1 Å². The van der Waals surface area contributed by atoms with Gasteiger partial charge in [0.2, 0.25) is 11.8 Å². The van der Waals surface area contributed by atoms with E-state index in [1.165, 1.54) is 0 Å². The molecule has 2 unspecified atom stereocenters. The molecule has 3 aromatic rings. The second-order valence-corrected chi connectivity index (χ2v) is 12.7. The van der Waals surface area contributed by atoms with Crippen molar-refractivity contribution in [1.82, 2.24) is 9.78 Å². The van der Waals surface area contributed by atoms with Crippen LogP contribution in [0.1, 0.15) is 94.6 Å². The van der Waals surface area contributed by atoms with Crippen LogP contribution in [0.5, 0.6) is 0 Å². The van der Waals surface area contributed by atoms with Gasteiger partial charge in [0.25, 0.3) is 0 Å². The van der Waals surface area contributed by atoms with Crippen LogP contribution in [0.4, 0.5) is 17.6 Å². The van der Waals surface area contributed by atoms with Crippen LogP contribution in [-0.4, -0.2) is 32.8 Å². The lowest BCUT2D eigenvalue weighted by atomic mass is 9.82. The molecule has 2 aliphatic carbocycles. The summed E-state index contributed by atoms with van der Waals surface area (Å²) < 4.78 is 66.5. The van der Waals surface area contributed by atoms with E-state index < -0.39 is 11.8 Å². The average Bonchev–Trinajstić information content (AvgIpc) is 3.78. The molecule has 2 atom stereocenters. The van der Waals surface area contributed by atoms with Crippen molar-refractivity contribution in [2.45, 2.75) is 107 Å². The maximum absolute atomic E-state index is 13.4. The molecule has 0 amide bonds. The number of ether oxygens (including phenoxy) is 2. The van der Waals surface area contributed by atoms with E-state index in [1.807, 2.05) is 53.5 Å². The van der Waals surface area contributed by atoms with Gasteiger partial charge in [0.15, 0.2) is 0 Å². The molecule has 2 spiro atoms. The van der Waals surface area contributed by atoms with Crippen LogP contribution in [0, 0.1) is 0 Å². The normalized spacial score (nSPS) is 26.4. The molecule has 2 saturated carbocycles. The molecule has 220 valence electrons. The Morgan fingerprint density at radius 2 is 1.37 bits per heavy atom. The minimum absolute atomic E-state index is 0.0475. The third kappa shape index (κ3) is 5.93. The molecule has 2 aliphatic heterocycles. The fourth-order valence-corrected chi connectivity index (χ4v) is 6.53. The van der Waals surface area contributed by atoms with Crippen LogP contribution in [0.25, 0.3) is 11.1 Å². The predicted octanol–water partition coefficient (Wildman–Crippen LogP) is 9.51. The second-order valence-electron chi connectivity index (χ2n) is 12.3. The highest BCUT2D eigenvalue weighted by Gasteiger charge is 2.61. The zero-order valence-electron chi connectivity index (χ0n) is 23.3. The van der Waals surface area contributed by atoms with Gasteiger partial charge in [0.1, 0.15) is 12.2 Å². The number of hydrogen-bond acceptors (Lipinski definition) is 3. The number of nitrogens with zero attached hydrogens (tertiary/aromatic N) is 2. The molecular formula is C32H35ClF4N2O2. The van der Waals surface area contributed by atoms with Crippen molar-refractivity contribution in [2.24, 2.45) is 0 Å². The maximum atomic E-state index is 13.4. The highest BCUT2D eigenvalue weighted by atomic mass is 35.5. The minimum Gasteiger partial charge on any atom is -0.361 e.